The van der Waals surface area contributed by atoms with E-state index < -0.39 is 9.83 Å². The molecule has 1 aliphatic heterocycles. The summed E-state index contributed by atoms with van der Waals surface area (Å²) in [7, 11) is 0.986. The quantitative estimate of drug-likeness (QED) is 0.563. The second kappa shape index (κ2) is 6.20. The lowest BCUT2D eigenvalue weighted by Crippen LogP contribution is -2.19. The molecule has 2 nitrogen and oxygen atoms in total. The minimum Gasteiger partial charge on any atom is -0.299 e. The summed E-state index contributed by atoms with van der Waals surface area (Å²) in [6.07, 6.45) is 4.98. The minimum absolute atomic E-state index is 0.191. The van der Waals surface area contributed by atoms with Crippen LogP contribution in [0.4, 0.5) is 0 Å². The Morgan fingerprint density at radius 2 is 2.06 bits per heavy atom. The van der Waals surface area contributed by atoms with E-state index in [1.54, 1.807) is 10.8 Å². The molecule has 0 aliphatic carbocycles. The molecule has 94 valence electrons. The number of rotatable bonds is 5. The zero-order chi connectivity index (χ0) is 12.2. The molecule has 1 fully saturated rings. The maximum absolute atomic E-state index is 11.7. The van der Waals surface area contributed by atoms with Gasteiger partial charge in [-0.25, -0.2) is 4.21 Å². The highest BCUT2D eigenvalue weighted by Crippen LogP contribution is 2.31. The van der Waals surface area contributed by atoms with Crippen molar-refractivity contribution >= 4 is 26.4 Å². The number of hydrogen-bond donors (Lipinski definition) is 0. The lowest BCUT2D eigenvalue weighted by molar-refractivity contribution is -0.126. The molecule has 0 amide bonds. The maximum atomic E-state index is 11.7. The van der Waals surface area contributed by atoms with Gasteiger partial charge in [0.25, 0.3) is 0 Å². The van der Waals surface area contributed by atoms with Crippen molar-refractivity contribution in [2.75, 3.05) is 5.75 Å². The van der Waals surface area contributed by atoms with Crippen molar-refractivity contribution in [3.05, 3.63) is 0 Å². The van der Waals surface area contributed by atoms with Crippen LogP contribution in [0.3, 0.4) is 0 Å². The van der Waals surface area contributed by atoms with Crippen molar-refractivity contribution in [1.29, 1.82) is 0 Å². The molecule has 4 heteroatoms. The third-order valence-corrected chi connectivity index (χ3v) is 6.35. The predicted molar refractivity (Wildman–Crippen MR) is 71.9 cm³/mol. The predicted octanol–water partition coefficient (Wildman–Crippen LogP) is 3.33. The molecule has 2 unspecified atom stereocenters. The molecule has 1 saturated heterocycles. The summed E-state index contributed by atoms with van der Waals surface area (Å²) in [5, 5.41) is 0.575. The fourth-order valence-corrected chi connectivity index (χ4v) is 5.27. The zero-order valence-corrected chi connectivity index (χ0v) is 12.1. The van der Waals surface area contributed by atoms with E-state index >= 15 is 0 Å². The van der Waals surface area contributed by atoms with E-state index in [1.165, 1.54) is 0 Å². The van der Waals surface area contributed by atoms with Gasteiger partial charge in [-0.3, -0.25) is 4.79 Å². The summed E-state index contributed by atoms with van der Waals surface area (Å²) in [4.78, 5) is 11.7. The fourth-order valence-electron chi connectivity index (χ4n) is 1.70. The van der Waals surface area contributed by atoms with Gasteiger partial charge < -0.3 is 0 Å². The average Bonchev–Trinajstić information content (AvgIpc) is 2.57. The highest BCUT2D eigenvalue weighted by molar-refractivity contribution is 8.69. The van der Waals surface area contributed by atoms with Crippen LogP contribution < -0.4 is 0 Å². The lowest BCUT2D eigenvalue weighted by Gasteiger charge is -2.16. The Bertz CT molecular complexity index is 269. The van der Waals surface area contributed by atoms with Crippen molar-refractivity contribution in [2.24, 2.45) is 5.41 Å². The second-order valence-corrected chi connectivity index (χ2v) is 9.00. The SMILES string of the molecule is CC(C)(C)C(=O)CCCCC1CCS(=O)S1. The van der Waals surface area contributed by atoms with Crippen LogP contribution in [0.2, 0.25) is 0 Å². The largest absolute Gasteiger partial charge is 0.299 e. The van der Waals surface area contributed by atoms with Crippen molar-refractivity contribution in [2.45, 2.75) is 58.1 Å². The number of carbonyl (C=O) groups is 1. The first kappa shape index (κ1) is 14.2. The Labute approximate surface area is 105 Å². The molecular formula is C12H22O2S2. The van der Waals surface area contributed by atoms with Crippen molar-refractivity contribution in [3.8, 4) is 0 Å². The molecule has 0 aromatic carbocycles. The van der Waals surface area contributed by atoms with Crippen LogP contribution in [0.1, 0.15) is 52.9 Å². The monoisotopic (exact) mass is 262 g/mol. The molecule has 2 atom stereocenters. The Hall–Kier alpha value is 0.170. The average molecular weight is 262 g/mol. The number of carbonyl (C=O) groups excluding carboxylic acids is 1. The van der Waals surface area contributed by atoms with E-state index in [0.29, 0.717) is 17.5 Å². The molecule has 0 bridgehead atoms. The number of ketones is 1. The van der Waals surface area contributed by atoms with Crippen LogP contribution in [0.15, 0.2) is 0 Å². The highest BCUT2D eigenvalue weighted by Gasteiger charge is 2.23. The van der Waals surface area contributed by atoms with Gasteiger partial charge in [-0.2, -0.15) is 0 Å². The molecule has 1 heterocycles. The van der Waals surface area contributed by atoms with Gasteiger partial charge in [-0.05, 0) is 19.3 Å². The molecule has 0 aromatic heterocycles. The molecule has 1 rings (SSSR count). The molecule has 0 spiro atoms. The molecule has 0 radical (unpaired) electrons. The van der Waals surface area contributed by atoms with E-state index in [2.05, 4.69) is 0 Å². The summed E-state index contributed by atoms with van der Waals surface area (Å²) in [5.74, 6) is 1.21. The van der Waals surface area contributed by atoms with Crippen molar-refractivity contribution in [3.63, 3.8) is 0 Å². The fraction of sp³-hybridized carbons (Fsp3) is 0.917. The summed E-state index contributed by atoms with van der Waals surface area (Å²) in [6.45, 7) is 5.93. The summed E-state index contributed by atoms with van der Waals surface area (Å²) in [5.41, 5.74) is -0.191. The first-order valence-corrected chi connectivity index (χ1v) is 8.70. The number of Topliss-reactive ketones (excluding diaryl/α,β-unsaturated/α-hetero) is 1. The molecule has 1 aliphatic rings. The van der Waals surface area contributed by atoms with Gasteiger partial charge in [-0.1, -0.05) is 38.0 Å². The number of unbranched alkanes of at least 4 members (excludes halogenated alkanes) is 1. The van der Waals surface area contributed by atoms with Crippen LogP contribution in [0.25, 0.3) is 0 Å². The third-order valence-electron chi connectivity index (χ3n) is 2.87. The van der Waals surface area contributed by atoms with Gasteiger partial charge in [0.15, 0.2) is 0 Å². The van der Waals surface area contributed by atoms with Gasteiger partial charge in [0, 0.05) is 22.8 Å². The van der Waals surface area contributed by atoms with Gasteiger partial charge in [0.1, 0.15) is 5.78 Å². The Balaban J connectivity index is 2.08. The molecular weight excluding hydrogens is 240 g/mol. The van der Waals surface area contributed by atoms with E-state index in [-0.39, 0.29) is 5.41 Å². The van der Waals surface area contributed by atoms with Crippen LogP contribution in [0, 0.1) is 5.41 Å². The van der Waals surface area contributed by atoms with Gasteiger partial charge in [-0.15, -0.1) is 0 Å². The zero-order valence-electron chi connectivity index (χ0n) is 10.5. The van der Waals surface area contributed by atoms with E-state index in [0.717, 1.165) is 31.4 Å². The Kier molecular flexibility index (Phi) is 5.51. The van der Waals surface area contributed by atoms with Crippen LogP contribution >= 0.6 is 10.8 Å². The van der Waals surface area contributed by atoms with Gasteiger partial charge >= 0.3 is 0 Å². The van der Waals surface area contributed by atoms with Crippen molar-refractivity contribution in [1.82, 2.24) is 0 Å². The van der Waals surface area contributed by atoms with Crippen LogP contribution in [0.5, 0.6) is 0 Å². The van der Waals surface area contributed by atoms with E-state index in [1.807, 2.05) is 20.8 Å². The van der Waals surface area contributed by atoms with E-state index in [9.17, 15) is 9.00 Å². The molecule has 0 N–H and O–H groups in total. The standard InChI is InChI=1S/C12H22O2S2/c1-12(2,3)11(13)7-5-4-6-10-8-9-16(14)15-10/h10H,4-9H2,1-3H3. The topological polar surface area (TPSA) is 34.1 Å². The van der Waals surface area contributed by atoms with Crippen molar-refractivity contribution < 1.29 is 9.00 Å². The summed E-state index contributed by atoms with van der Waals surface area (Å²) >= 11 is 0. The number of hydrogen-bond acceptors (Lipinski definition) is 3. The Morgan fingerprint density at radius 1 is 1.38 bits per heavy atom. The molecule has 0 saturated carbocycles. The first-order valence-electron chi connectivity index (χ1n) is 5.98. The lowest BCUT2D eigenvalue weighted by atomic mass is 9.88. The van der Waals surface area contributed by atoms with Gasteiger partial charge in [0.05, 0.1) is 9.83 Å². The maximum Gasteiger partial charge on any atom is 0.138 e. The molecule has 16 heavy (non-hydrogen) atoms. The smallest absolute Gasteiger partial charge is 0.138 e. The highest BCUT2D eigenvalue weighted by atomic mass is 33.1. The van der Waals surface area contributed by atoms with Crippen LogP contribution in [-0.2, 0) is 14.6 Å². The van der Waals surface area contributed by atoms with E-state index in [4.69, 9.17) is 0 Å². The normalized spacial score (nSPS) is 25.9. The second-order valence-electron chi connectivity index (χ2n) is 5.43. The third kappa shape index (κ3) is 5.00. The summed E-state index contributed by atoms with van der Waals surface area (Å²) in [6, 6.07) is 0. The first-order chi connectivity index (χ1) is 7.39. The van der Waals surface area contributed by atoms with Gasteiger partial charge in [0.2, 0.25) is 0 Å². The molecule has 0 aromatic rings. The minimum atomic E-state index is -0.631. The Morgan fingerprint density at radius 3 is 2.56 bits per heavy atom. The summed E-state index contributed by atoms with van der Waals surface area (Å²) < 4.78 is 11.1. The van der Waals surface area contributed by atoms with Crippen LogP contribution in [-0.4, -0.2) is 21.0 Å².